The van der Waals surface area contributed by atoms with Crippen molar-refractivity contribution in [1.29, 1.82) is 0 Å². The molecule has 152 valence electrons. The molecule has 0 spiro atoms. The van der Waals surface area contributed by atoms with Gasteiger partial charge in [0, 0.05) is 27.7 Å². The molecular weight excluding hydrogens is 376 g/mol. The second-order valence-electron chi connectivity index (χ2n) is 9.76. The third-order valence-electron chi connectivity index (χ3n) is 7.66. The first kappa shape index (κ1) is 17.5. The van der Waals surface area contributed by atoms with Gasteiger partial charge in [0.2, 0.25) is 0 Å². The quantitative estimate of drug-likeness (QED) is 0.201. The van der Waals surface area contributed by atoms with Crippen LogP contribution in [0.4, 0.5) is 0 Å². The van der Waals surface area contributed by atoms with Gasteiger partial charge in [0.15, 0.2) is 0 Å². The molecule has 1 aliphatic rings. The minimum atomic E-state index is 0.668. The van der Waals surface area contributed by atoms with Gasteiger partial charge in [-0.15, -0.1) is 0 Å². The maximum Gasteiger partial charge on any atom is 0.0822 e. The Morgan fingerprint density at radius 3 is 2.48 bits per heavy atom. The van der Waals surface area contributed by atoms with Crippen molar-refractivity contribution in [2.24, 2.45) is 0 Å². The molecule has 3 aromatic carbocycles. The molecule has 3 heterocycles. The van der Waals surface area contributed by atoms with E-state index in [9.17, 15) is 0 Å². The SMILES string of the molecule is Cc1cc(C)c2c(c1)c1nccc3cc(C4CCCC4)c4c5ccc(C)cc5n2c4c31. The Balaban J connectivity index is 1.87. The molecular formula is C29H26N2. The lowest BCUT2D eigenvalue weighted by molar-refractivity contribution is 0.731. The molecule has 1 saturated carbocycles. The number of pyridine rings is 2. The second-order valence-corrected chi connectivity index (χ2v) is 9.76. The van der Waals surface area contributed by atoms with E-state index in [1.54, 1.807) is 5.56 Å². The Bertz CT molecular complexity index is 1660. The molecule has 0 radical (unpaired) electrons. The van der Waals surface area contributed by atoms with Crippen LogP contribution >= 0.6 is 0 Å². The van der Waals surface area contributed by atoms with Crippen molar-refractivity contribution in [3.8, 4) is 0 Å². The Kier molecular flexibility index (Phi) is 3.38. The third kappa shape index (κ3) is 2.20. The van der Waals surface area contributed by atoms with Crippen LogP contribution in [0.1, 0.15) is 53.9 Å². The Morgan fingerprint density at radius 1 is 0.806 bits per heavy atom. The van der Waals surface area contributed by atoms with Gasteiger partial charge in [-0.05, 0) is 85.9 Å². The number of aryl methyl sites for hydroxylation is 3. The fraction of sp³-hybridized carbons (Fsp3) is 0.276. The van der Waals surface area contributed by atoms with E-state index in [1.165, 1.54) is 85.9 Å². The highest BCUT2D eigenvalue weighted by Gasteiger charge is 2.26. The summed E-state index contributed by atoms with van der Waals surface area (Å²) in [6.45, 7) is 6.66. The van der Waals surface area contributed by atoms with Crippen molar-refractivity contribution in [3.63, 3.8) is 0 Å². The number of hydrogen-bond donors (Lipinski definition) is 0. The number of rotatable bonds is 1. The van der Waals surface area contributed by atoms with E-state index in [4.69, 9.17) is 4.98 Å². The normalized spacial score (nSPS) is 15.6. The van der Waals surface area contributed by atoms with E-state index >= 15 is 0 Å². The number of nitrogens with zero attached hydrogens (tertiary/aromatic N) is 2. The number of benzene rings is 3. The van der Waals surface area contributed by atoms with Crippen molar-refractivity contribution in [3.05, 3.63) is 70.9 Å². The van der Waals surface area contributed by atoms with E-state index in [0.717, 1.165) is 5.52 Å². The number of fused-ring (bicyclic) bond motifs is 6. The summed E-state index contributed by atoms with van der Waals surface area (Å²) < 4.78 is 2.57. The van der Waals surface area contributed by atoms with Gasteiger partial charge in [0.25, 0.3) is 0 Å². The van der Waals surface area contributed by atoms with Crippen molar-refractivity contribution in [2.45, 2.75) is 52.4 Å². The zero-order valence-corrected chi connectivity index (χ0v) is 18.4. The van der Waals surface area contributed by atoms with Crippen molar-refractivity contribution >= 4 is 49.0 Å². The molecule has 31 heavy (non-hydrogen) atoms. The Morgan fingerprint density at radius 2 is 1.65 bits per heavy atom. The first-order valence-electron chi connectivity index (χ1n) is 11.6. The first-order chi connectivity index (χ1) is 15.1. The average molecular weight is 403 g/mol. The zero-order valence-electron chi connectivity index (χ0n) is 18.4. The molecule has 0 bridgehead atoms. The molecule has 0 aliphatic heterocycles. The van der Waals surface area contributed by atoms with Crippen LogP contribution < -0.4 is 0 Å². The number of aromatic nitrogens is 2. The summed E-state index contributed by atoms with van der Waals surface area (Å²) in [5.74, 6) is 0.668. The highest BCUT2D eigenvalue weighted by Crippen LogP contribution is 2.47. The van der Waals surface area contributed by atoms with Crippen molar-refractivity contribution in [2.75, 3.05) is 0 Å². The molecule has 0 N–H and O–H groups in total. The highest BCUT2D eigenvalue weighted by atomic mass is 14.9. The van der Waals surface area contributed by atoms with E-state index in [-0.39, 0.29) is 0 Å². The van der Waals surface area contributed by atoms with Crippen LogP contribution in [0.3, 0.4) is 0 Å². The largest absolute Gasteiger partial charge is 0.308 e. The average Bonchev–Trinajstić information content (AvgIpc) is 3.39. The van der Waals surface area contributed by atoms with Gasteiger partial charge >= 0.3 is 0 Å². The molecule has 6 aromatic rings. The molecule has 2 heteroatoms. The van der Waals surface area contributed by atoms with Crippen LogP contribution in [0.25, 0.3) is 49.0 Å². The van der Waals surface area contributed by atoms with Crippen molar-refractivity contribution in [1.82, 2.24) is 9.38 Å². The fourth-order valence-electron chi connectivity index (χ4n) is 6.45. The summed E-state index contributed by atoms with van der Waals surface area (Å²) >= 11 is 0. The molecule has 3 aromatic heterocycles. The maximum atomic E-state index is 4.95. The van der Waals surface area contributed by atoms with Crippen LogP contribution in [0.5, 0.6) is 0 Å². The van der Waals surface area contributed by atoms with Crippen LogP contribution in [-0.4, -0.2) is 9.38 Å². The summed E-state index contributed by atoms with van der Waals surface area (Å²) in [6, 6.07) is 16.4. The lowest BCUT2D eigenvalue weighted by atomic mass is 9.89. The summed E-state index contributed by atoms with van der Waals surface area (Å²) in [4.78, 5) is 4.95. The molecule has 1 aliphatic carbocycles. The van der Waals surface area contributed by atoms with Crippen LogP contribution in [0.2, 0.25) is 0 Å². The van der Waals surface area contributed by atoms with Gasteiger partial charge in [0.05, 0.1) is 22.1 Å². The zero-order chi connectivity index (χ0) is 20.9. The van der Waals surface area contributed by atoms with E-state index in [2.05, 4.69) is 67.6 Å². The smallest absolute Gasteiger partial charge is 0.0822 e. The molecule has 1 fully saturated rings. The van der Waals surface area contributed by atoms with E-state index < -0.39 is 0 Å². The Hall–Kier alpha value is -3.13. The third-order valence-corrected chi connectivity index (χ3v) is 7.66. The van der Waals surface area contributed by atoms with Crippen LogP contribution in [-0.2, 0) is 0 Å². The summed E-state index contributed by atoms with van der Waals surface area (Å²) in [7, 11) is 0. The highest BCUT2D eigenvalue weighted by molar-refractivity contribution is 6.28. The monoisotopic (exact) mass is 402 g/mol. The van der Waals surface area contributed by atoms with Crippen molar-refractivity contribution < 1.29 is 0 Å². The Labute approximate surface area is 181 Å². The first-order valence-corrected chi connectivity index (χ1v) is 11.6. The van der Waals surface area contributed by atoms with E-state index in [1.807, 2.05) is 6.20 Å². The lowest BCUT2D eigenvalue weighted by Gasteiger charge is -2.18. The van der Waals surface area contributed by atoms with Gasteiger partial charge in [0.1, 0.15) is 0 Å². The minimum Gasteiger partial charge on any atom is -0.308 e. The topological polar surface area (TPSA) is 17.3 Å². The molecule has 0 saturated heterocycles. The van der Waals surface area contributed by atoms with Gasteiger partial charge in [-0.3, -0.25) is 4.98 Å². The second kappa shape index (κ2) is 5.97. The van der Waals surface area contributed by atoms with Gasteiger partial charge in [-0.25, -0.2) is 0 Å². The summed E-state index contributed by atoms with van der Waals surface area (Å²) in [5.41, 5.74) is 10.7. The fourth-order valence-corrected chi connectivity index (χ4v) is 6.45. The van der Waals surface area contributed by atoms with Gasteiger partial charge < -0.3 is 4.40 Å². The lowest BCUT2D eigenvalue weighted by Crippen LogP contribution is -1.99. The van der Waals surface area contributed by atoms with Gasteiger partial charge in [-0.1, -0.05) is 36.6 Å². The molecule has 0 amide bonds. The summed E-state index contributed by atoms with van der Waals surface area (Å²) in [6.07, 6.45) is 7.33. The van der Waals surface area contributed by atoms with E-state index in [0.29, 0.717) is 5.92 Å². The standard InChI is InChI=1S/C29H26N2/c1-16-8-9-21-24(14-16)31-28-18(3)12-17(2)13-23(28)27-25-20(10-11-30-27)15-22(26(21)29(25)31)19-6-4-5-7-19/h8-15,19H,4-7H2,1-3H3. The molecule has 0 unspecified atom stereocenters. The predicted octanol–water partition coefficient (Wildman–Crippen LogP) is 7.97. The number of hydrogen-bond acceptors (Lipinski definition) is 1. The van der Waals surface area contributed by atoms with Crippen LogP contribution in [0, 0.1) is 20.8 Å². The minimum absolute atomic E-state index is 0.668. The molecule has 2 nitrogen and oxygen atoms in total. The van der Waals surface area contributed by atoms with Crippen LogP contribution in [0.15, 0.2) is 48.7 Å². The van der Waals surface area contributed by atoms with Gasteiger partial charge in [-0.2, -0.15) is 0 Å². The maximum absolute atomic E-state index is 4.95. The molecule has 7 rings (SSSR count). The molecule has 0 atom stereocenters. The predicted molar refractivity (Wildman–Crippen MR) is 132 cm³/mol. The summed E-state index contributed by atoms with van der Waals surface area (Å²) in [5, 5.41) is 6.79.